The van der Waals surface area contributed by atoms with Crippen LogP contribution in [0.25, 0.3) is 0 Å². The van der Waals surface area contributed by atoms with E-state index in [-0.39, 0.29) is 0 Å². The third-order valence-electron chi connectivity index (χ3n) is 5.04. The van der Waals surface area contributed by atoms with Gasteiger partial charge in [-0.3, -0.25) is 0 Å². The van der Waals surface area contributed by atoms with Gasteiger partial charge >= 0.3 is 121 Å². The van der Waals surface area contributed by atoms with Gasteiger partial charge in [-0.25, -0.2) is 0 Å². The first-order valence-corrected chi connectivity index (χ1v) is 16.9. The molecule has 18 heavy (non-hydrogen) atoms. The zero-order valence-corrected chi connectivity index (χ0v) is 16.0. The third kappa shape index (κ3) is 6.82. The summed E-state index contributed by atoms with van der Waals surface area (Å²) in [6, 6.07) is 0. The predicted molar refractivity (Wildman–Crippen MR) is 87.1 cm³/mol. The van der Waals surface area contributed by atoms with Gasteiger partial charge in [0.25, 0.3) is 0 Å². The molecule has 0 spiro atoms. The summed E-state index contributed by atoms with van der Waals surface area (Å²) in [6.07, 6.45) is 16.9. The molecule has 1 saturated heterocycles. The quantitative estimate of drug-likeness (QED) is 0.331. The van der Waals surface area contributed by atoms with Gasteiger partial charge in [-0.1, -0.05) is 0 Å². The van der Waals surface area contributed by atoms with Crippen LogP contribution in [-0.2, 0) is 0 Å². The topological polar surface area (TPSA) is 0 Å². The van der Waals surface area contributed by atoms with Crippen LogP contribution in [0.15, 0.2) is 0 Å². The van der Waals surface area contributed by atoms with Crippen LogP contribution in [0.3, 0.4) is 0 Å². The van der Waals surface area contributed by atoms with Crippen LogP contribution >= 0.6 is 0 Å². The van der Waals surface area contributed by atoms with E-state index in [1.54, 1.807) is 56.3 Å². The maximum absolute atomic E-state index is 2.36. The van der Waals surface area contributed by atoms with Crippen LogP contribution in [-0.4, -0.2) is 18.4 Å². The zero-order chi connectivity index (χ0) is 13.1. The fraction of sp³-hybridized carbons (Fsp3) is 1.00. The average molecular weight is 359 g/mol. The van der Waals surface area contributed by atoms with Crippen molar-refractivity contribution in [3.8, 4) is 0 Å². The minimum absolute atomic E-state index is 1.41. The first-order valence-electron chi connectivity index (χ1n) is 8.83. The molecule has 0 nitrogen and oxygen atoms in total. The molecule has 1 heteroatoms. The number of rotatable bonds is 8. The van der Waals surface area contributed by atoms with Crippen molar-refractivity contribution in [3.05, 3.63) is 0 Å². The van der Waals surface area contributed by atoms with E-state index in [1.165, 1.54) is 32.1 Å². The number of unbranched alkanes of at least 4 members (excludes halogenated alkanes) is 4. The van der Waals surface area contributed by atoms with Crippen molar-refractivity contribution in [3.63, 3.8) is 0 Å². The standard InChI is InChI=1S/C7H14.2C5H11.Sn/c1-3-5-7-6-4-2;2*1-3-5-4-2;/h1-7H2;2*1,3-5H2,2H3;. The molecule has 0 aromatic heterocycles. The molecule has 0 aromatic carbocycles. The molecule has 0 aliphatic carbocycles. The Balaban J connectivity index is 2.45. The summed E-state index contributed by atoms with van der Waals surface area (Å²) in [7, 11) is 0. The first-order chi connectivity index (χ1) is 8.83. The van der Waals surface area contributed by atoms with Crippen LogP contribution in [0, 0.1) is 0 Å². The molecular weight excluding hydrogens is 323 g/mol. The third-order valence-corrected chi connectivity index (χ3v) is 21.2. The Hall–Kier alpha value is 0.799. The molecule has 1 aliphatic rings. The van der Waals surface area contributed by atoms with Crippen LogP contribution in [0.2, 0.25) is 17.7 Å². The molecule has 0 atom stereocenters. The summed E-state index contributed by atoms with van der Waals surface area (Å²) >= 11 is -1.66. The van der Waals surface area contributed by atoms with Crippen molar-refractivity contribution in [2.24, 2.45) is 0 Å². The second-order valence-corrected chi connectivity index (χ2v) is 21.0. The molecule has 0 bridgehead atoms. The van der Waals surface area contributed by atoms with Crippen LogP contribution < -0.4 is 0 Å². The van der Waals surface area contributed by atoms with Gasteiger partial charge in [0.15, 0.2) is 0 Å². The van der Waals surface area contributed by atoms with Crippen molar-refractivity contribution >= 4 is 18.4 Å². The van der Waals surface area contributed by atoms with Crippen LogP contribution in [0.1, 0.15) is 84.5 Å². The molecule has 0 unspecified atom stereocenters. The van der Waals surface area contributed by atoms with E-state index < -0.39 is 18.4 Å². The van der Waals surface area contributed by atoms with Gasteiger partial charge in [-0.2, -0.15) is 0 Å². The van der Waals surface area contributed by atoms with Gasteiger partial charge in [0.05, 0.1) is 0 Å². The Morgan fingerprint density at radius 3 is 1.50 bits per heavy atom. The van der Waals surface area contributed by atoms with E-state index in [0.29, 0.717) is 0 Å². The zero-order valence-electron chi connectivity index (χ0n) is 13.1. The van der Waals surface area contributed by atoms with Crippen molar-refractivity contribution in [2.75, 3.05) is 0 Å². The van der Waals surface area contributed by atoms with E-state index in [9.17, 15) is 0 Å². The molecule has 0 N–H and O–H groups in total. The van der Waals surface area contributed by atoms with E-state index in [4.69, 9.17) is 0 Å². The Kier molecular flexibility index (Phi) is 9.90. The Morgan fingerprint density at radius 2 is 1.06 bits per heavy atom. The second-order valence-electron chi connectivity index (χ2n) is 6.68. The number of hydrogen-bond acceptors (Lipinski definition) is 0. The Bertz CT molecular complexity index is 168. The van der Waals surface area contributed by atoms with Crippen molar-refractivity contribution in [2.45, 2.75) is 102 Å². The van der Waals surface area contributed by atoms with E-state index >= 15 is 0 Å². The van der Waals surface area contributed by atoms with Crippen LogP contribution in [0.5, 0.6) is 0 Å². The van der Waals surface area contributed by atoms with Gasteiger partial charge in [-0.05, 0) is 0 Å². The maximum atomic E-state index is 2.36. The van der Waals surface area contributed by atoms with Gasteiger partial charge in [0, 0.05) is 0 Å². The summed E-state index contributed by atoms with van der Waals surface area (Å²) in [5.41, 5.74) is 0. The molecule has 1 aliphatic heterocycles. The summed E-state index contributed by atoms with van der Waals surface area (Å²) < 4.78 is 6.99. The summed E-state index contributed by atoms with van der Waals surface area (Å²) in [6.45, 7) is 4.72. The fourth-order valence-corrected chi connectivity index (χ4v) is 19.5. The molecule has 0 aromatic rings. The first kappa shape index (κ1) is 16.9. The van der Waals surface area contributed by atoms with Gasteiger partial charge in [0.2, 0.25) is 0 Å². The van der Waals surface area contributed by atoms with Crippen molar-refractivity contribution in [1.29, 1.82) is 0 Å². The van der Waals surface area contributed by atoms with E-state index in [2.05, 4.69) is 13.8 Å². The molecule has 0 amide bonds. The second kappa shape index (κ2) is 10.6. The van der Waals surface area contributed by atoms with Gasteiger partial charge in [0.1, 0.15) is 0 Å². The molecule has 1 fully saturated rings. The van der Waals surface area contributed by atoms with Gasteiger partial charge < -0.3 is 0 Å². The van der Waals surface area contributed by atoms with Crippen molar-refractivity contribution in [1.82, 2.24) is 0 Å². The monoisotopic (exact) mass is 360 g/mol. The molecule has 0 radical (unpaired) electrons. The SMILES string of the molecule is CCCC[CH2][Sn]1([CH2]CCCC)[CH2]CCCCC[CH2]1. The molecule has 1 rings (SSSR count). The fourth-order valence-electron chi connectivity index (χ4n) is 3.78. The summed E-state index contributed by atoms with van der Waals surface area (Å²) in [5.74, 6) is 0. The molecule has 1 heterocycles. The summed E-state index contributed by atoms with van der Waals surface area (Å²) in [5, 5.41) is 0. The van der Waals surface area contributed by atoms with Gasteiger partial charge in [-0.15, -0.1) is 0 Å². The minimum atomic E-state index is -1.66. The number of hydrogen-bond donors (Lipinski definition) is 0. The van der Waals surface area contributed by atoms with E-state index in [0.717, 1.165) is 0 Å². The predicted octanol–water partition coefficient (Wildman–Crippen LogP) is 6.78. The Labute approximate surface area is 120 Å². The Morgan fingerprint density at radius 1 is 0.611 bits per heavy atom. The molecule has 0 saturated carbocycles. The molecule has 108 valence electrons. The molecular formula is C17H36Sn. The normalized spacial score (nSPS) is 20.3. The average Bonchev–Trinajstić information content (AvgIpc) is 2.34. The van der Waals surface area contributed by atoms with Crippen molar-refractivity contribution < 1.29 is 0 Å². The van der Waals surface area contributed by atoms with Crippen LogP contribution in [0.4, 0.5) is 0 Å². The van der Waals surface area contributed by atoms with E-state index in [1.807, 2.05) is 0 Å². The summed E-state index contributed by atoms with van der Waals surface area (Å²) in [4.78, 5) is 0.